The molecule has 5 rings (SSSR count). The molecule has 8 heteroatoms. The number of aromatic nitrogens is 3. The maximum Gasteiger partial charge on any atom is 0.357 e. The normalized spacial score (nSPS) is 11.0. The van der Waals surface area contributed by atoms with Crippen molar-refractivity contribution in [1.29, 1.82) is 5.26 Å². The van der Waals surface area contributed by atoms with E-state index in [4.69, 9.17) is 0 Å². The monoisotopic (exact) mass is 424 g/mol. The molecule has 0 saturated carbocycles. The summed E-state index contributed by atoms with van der Waals surface area (Å²) in [5.41, 5.74) is 0.438. The van der Waals surface area contributed by atoms with Crippen molar-refractivity contribution in [1.82, 2.24) is 14.1 Å². The first kappa shape index (κ1) is 19.2. The number of phenolic OH excluding ortho intramolecular Hbond substituents is 1. The standard InChI is InChI=1S/C24H13FN4O3/c25-16-3-5-18(6-4-16)29-23(31)20-12-15-2-1-14(13-26)11-21(15)28(22(20)27-24(29)32)17-7-9-19(30)10-8-17/h1-12,30H. The first-order chi connectivity index (χ1) is 15.5. The molecule has 1 N–H and O–H groups in total. The molecule has 0 fully saturated rings. The molecule has 0 aliphatic carbocycles. The fourth-order valence-electron chi connectivity index (χ4n) is 3.68. The lowest BCUT2D eigenvalue weighted by atomic mass is 10.1. The molecule has 2 aliphatic rings. The van der Waals surface area contributed by atoms with Gasteiger partial charge in [0.2, 0.25) is 0 Å². The number of halogens is 1. The van der Waals surface area contributed by atoms with Crippen molar-refractivity contribution in [2.75, 3.05) is 0 Å². The van der Waals surface area contributed by atoms with Gasteiger partial charge in [-0.2, -0.15) is 10.2 Å². The molecule has 2 aliphatic heterocycles. The summed E-state index contributed by atoms with van der Waals surface area (Å²) in [4.78, 5) is 30.4. The maximum atomic E-state index is 13.4. The number of hydrogen-bond donors (Lipinski definition) is 1. The van der Waals surface area contributed by atoms with Gasteiger partial charge in [0.25, 0.3) is 5.56 Å². The number of hydrogen-bond acceptors (Lipinski definition) is 5. The van der Waals surface area contributed by atoms with E-state index in [1.807, 2.05) is 0 Å². The van der Waals surface area contributed by atoms with Crippen molar-refractivity contribution < 1.29 is 9.50 Å². The second-order valence-electron chi connectivity index (χ2n) is 7.13. The minimum atomic E-state index is -0.822. The van der Waals surface area contributed by atoms with Gasteiger partial charge in [-0.05, 0) is 72.1 Å². The SMILES string of the molecule is N#Cc1ccc2cc3c(=O)n(-c4ccc(F)cc4)c(=O)nc-3n(-c3ccc(O)cc3)c2c1. The van der Waals surface area contributed by atoms with Crippen LogP contribution < -0.4 is 11.2 Å². The van der Waals surface area contributed by atoms with Crippen molar-refractivity contribution in [3.8, 4) is 34.6 Å². The van der Waals surface area contributed by atoms with Crippen molar-refractivity contribution in [2.24, 2.45) is 0 Å². The molecule has 0 bridgehead atoms. The minimum absolute atomic E-state index is 0.0488. The molecule has 0 aromatic heterocycles. The number of benzene rings is 3. The summed E-state index contributed by atoms with van der Waals surface area (Å²) >= 11 is 0. The first-order valence-corrected chi connectivity index (χ1v) is 9.54. The van der Waals surface area contributed by atoms with Gasteiger partial charge in [-0.15, -0.1) is 0 Å². The zero-order chi connectivity index (χ0) is 22.4. The Morgan fingerprint density at radius 1 is 0.875 bits per heavy atom. The van der Waals surface area contributed by atoms with Gasteiger partial charge < -0.3 is 5.11 Å². The van der Waals surface area contributed by atoms with Crippen LogP contribution >= 0.6 is 0 Å². The van der Waals surface area contributed by atoms with Crippen LogP contribution in [-0.4, -0.2) is 19.2 Å². The predicted octanol–water partition coefficient (Wildman–Crippen LogP) is 3.36. The third-order valence-electron chi connectivity index (χ3n) is 5.17. The molecular formula is C24H13FN4O3. The van der Waals surface area contributed by atoms with Crippen molar-refractivity contribution in [3.63, 3.8) is 0 Å². The molecular weight excluding hydrogens is 411 g/mol. The fraction of sp³-hybridized carbons (Fsp3) is 0. The number of rotatable bonds is 2. The molecule has 7 nitrogen and oxygen atoms in total. The third kappa shape index (κ3) is 3.00. The zero-order valence-electron chi connectivity index (χ0n) is 16.4. The molecule has 3 aromatic rings. The smallest absolute Gasteiger partial charge is 0.357 e. The highest BCUT2D eigenvalue weighted by Crippen LogP contribution is 2.29. The van der Waals surface area contributed by atoms with E-state index in [9.17, 15) is 24.3 Å². The maximum absolute atomic E-state index is 13.4. The largest absolute Gasteiger partial charge is 0.508 e. The average molecular weight is 424 g/mol. The highest BCUT2D eigenvalue weighted by atomic mass is 19.1. The number of fused-ring (bicyclic) bond motifs is 2. The number of phenols is 1. The first-order valence-electron chi connectivity index (χ1n) is 9.54. The van der Waals surface area contributed by atoms with E-state index in [0.29, 0.717) is 22.2 Å². The molecule has 0 spiro atoms. The lowest BCUT2D eigenvalue weighted by Crippen LogP contribution is -2.36. The molecule has 2 heterocycles. The molecule has 0 saturated heterocycles. The van der Waals surface area contributed by atoms with E-state index in [1.165, 1.54) is 24.3 Å². The summed E-state index contributed by atoms with van der Waals surface area (Å²) in [6, 6.07) is 19.8. The Balaban J connectivity index is 1.93. The van der Waals surface area contributed by atoms with Crippen LogP contribution in [0.15, 0.2) is 82.4 Å². The Hall–Kier alpha value is -4.77. The summed E-state index contributed by atoms with van der Waals surface area (Å²) in [5, 5.41) is 19.7. The Labute approximate surface area is 179 Å². The summed E-state index contributed by atoms with van der Waals surface area (Å²) in [6.45, 7) is 0. The molecule has 0 amide bonds. The number of aromatic hydroxyl groups is 1. The summed E-state index contributed by atoms with van der Waals surface area (Å²) in [7, 11) is 0. The Kier molecular flexibility index (Phi) is 4.31. The minimum Gasteiger partial charge on any atom is -0.508 e. The molecule has 0 unspecified atom stereocenters. The molecule has 32 heavy (non-hydrogen) atoms. The Morgan fingerprint density at radius 2 is 1.53 bits per heavy atom. The number of nitriles is 1. The quantitative estimate of drug-likeness (QED) is 0.438. The predicted molar refractivity (Wildman–Crippen MR) is 116 cm³/mol. The summed E-state index contributed by atoms with van der Waals surface area (Å²) in [6.07, 6.45) is 0. The van der Waals surface area contributed by atoms with E-state index in [-0.39, 0.29) is 22.8 Å². The van der Waals surface area contributed by atoms with Crippen molar-refractivity contribution in [2.45, 2.75) is 0 Å². The average Bonchev–Trinajstić information content (AvgIpc) is 2.79. The van der Waals surface area contributed by atoms with Gasteiger partial charge in [0.1, 0.15) is 11.6 Å². The fourth-order valence-corrected chi connectivity index (χ4v) is 3.68. The highest BCUT2D eigenvalue weighted by Gasteiger charge is 2.22. The van der Waals surface area contributed by atoms with Gasteiger partial charge >= 0.3 is 5.69 Å². The molecule has 154 valence electrons. The van der Waals surface area contributed by atoms with Crippen molar-refractivity contribution in [3.05, 3.63) is 105 Å². The second kappa shape index (κ2) is 7.18. The second-order valence-corrected chi connectivity index (χ2v) is 7.13. The highest BCUT2D eigenvalue weighted by molar-refractivity contribution is 5.88. The van der Waals surface area contributed by atoms with Crippen LogP contribution in [0.5, 0.6) is 5.75 Å². The van der Waals surface area contributed by atoms with Gasteiger partial charge in [-0.1, -0.05) is 6.07 Å². The summed E-state index contributed by atoms with van der Waals surface area (Å²) in [5.74, 6) is -0.341. The Morgan fingerprint density at radius 3 is 2.22 bits per heavy atom. The number of pyridine rings is 1. The van der Waals surface area contributed by atoms with Crippen LogP contribution in [0.4, 0.5) is 4.39 Å². The van der Waals surface area contributed by atoms with Crippen LogP contribution in [-0.2, 0) is 0 Å². The lowest BCUT2D eigenvalue weighted by Gasteiger charge is -2.19. The van der Waals surface area contributed by atoms with E-state index in [0.717, 1.165) is 16.7 Å². The number of nitrogens with zero attached hydrogens (tertiary/aromatic N) is 4. The Bertz CT molecular complexity index is 1630. The van der Waals surface area contributed by atoms with Gasteiger partial charge in [0, 0.05) is 5.69 Å². The van der Waals surface area contributed by atoms with Crippen LogP contribution in [0.2, 0.25) is 0 Å². The van der Waals surface area contributed by atoms with Gasteiger partial charge in [-0.25, -0.2) is 13.8 Å². The topological polar surface area (TPSA) is 101 Å². The van der Waals surface area contributed by atoms with E-state index >= 15 is 0 Å². The van der Waals surface area contributed by atoms with Crippen LogP contribution in [0.3, 0.4) is 0 Å². The van der Waals surface area contributed by atoms with E-state index in [1.54, 1.807) is 41.0 Å². The molecule has 3 aromatic carbocycles. The van der Waals surface area contributed by atoms with E-state index in [2.05, 4.69) is 11.1 Å². The summed E-state index contributed by atoms with van der Waals surface area (Å²) < 4.78 is 15.8. The lowest BCUT2D eigenvalue weighted by molar-refractivity contribution is 0.475. The third-order valence-corrected chi connectivity index (χ3v) is 5.17. The molecule has 0 atom stereocenters. The van der Waals surface area contributed by atoms with E-state index < -0.39 is 17.1 Å². The van der Waals surface area contributed by atoms with Crippen molar-refractivity contribution >= 4 is 10.9 Å². The van der Waals surface area contributed by atoms with Crippen LogP contribution in [0, 0.1) is 17.1 Å². The van der Waals surface area contributed by atoms with Crippen LogP contribution in [0.25, 0.3) is 33.7 Å². The van der Waals surface area contributed by atoms with Crippen LogP contribution in [0.1, 0.15) is 5.56 Å². The molecule has 0 radical (unpaired) electrons. The zero-order valence-corrected chi connectivity index (χ0v) is 16.4. The van der Waals surface area contributed by atoms with Gasteiger partial charge in [0.15, 0.2) is 5.82 Å². The van der Waals surface area contributed by atoms with Gasteiger partial charge in [-0.3, -0.25) is 9.36 Å². The van der Waals surface area contributed by atoms with Gasteiger partial charge in [0.05, 0.1) is 28.4 Å².